The number of halogens is 1. The molecule has 4 nitrogen and oxygen atoms in total. The summed E-state index contributed by atoms with van der Waals surface area (Å²) < 4.78 is 0. The van der Waals surface area contributed by atoms with Crippen LogP contribution in [0, 0.1) is 24.7 Å². The summed E-state index contributed by atoms with van der Waals surface area (Å²) >= 11 is 7.64. The van der Waals surface area contributed by atoms with Gasteiger partial charge in [-0.1, -0.05) is 23.7 Å². The molecule has 2 heterocycles. The summed E-state index contributed by atoms with van der Waals surface area (Å²) in [5, 5.41) is 18.2. The Balaban J connectivity index is 2.31. The van der Waals surface area contributed by atoms with Crippen molar-refractivity contribution >= 4 is 45.3 Å². The maximum atomic E-state index is 8.48. The van der Waals surface area contributed by atoms with E-state index in [0.717, 1.165) is 27.4 Å². The van der Waals surface area contributed by atoms with E-state index in [9.17, 15) is 0 Å². The van der Waals surface area contributed by atoms with Crippen molar-refractivity contribution < 1.29 is 0 Å². The Bertz CT molecular complexity index is 864. The van der Waals surface area contributed by atoms with Gasteiger partial charge in [-0.2, -0.15) is 0 Å². The van der Waals surface area contributed by atoms with Crippen molar-refractivity contribution in [1.29, 1.82) is 10.8 Å². The van der Waals surface area contributed by atoms with Crippen LogP contribution in [0.5, 0.6) is 0 Å². The van der Waals surface area contributed by atoms with Gasteiger partial charge in [0.15, 0.2) is 0 Å². The monoisotopic (exact) mass is 358 g/mol. The number of thiophene rings is 1. The van der Waals surface area contributed by atoms with Crippen molar-refractivity contribution in [1.82, 2.24) is 0 Å². The van der Waals surface area contributed by atoms with Gasteiger partial charge in [0.25, 0.3) is 0 Å². The van der Waals surface area contributed by atoms with E-state index in [1.807, 2.05) is 31.2 Å². The molecule has 2 aromatic rings. The van der Waals surface area contributed by atoms with Crippen LogP contribution >= 0.6 is 22.9 Å². The number of anilines is 1. The molecule has 1 aromatic carbocycles. The lowest BCUT2D eigenvalue weighted by molar-refractivity contribution is 0.951. The SMILES string of the molecule is CC(=N)N1C(=N)C(C)N=C(c2ccc(Cl)cc2)c2c1sc(C)c2C. The Morgan fingerprint density at radius 1 is 1.25 bits per heavy atom. The number of fused-ring (bicyclic) bond motifs is 1. The van der Waals surface area contributed by atoms with Crippen molar-refractivity contribution in [3.8, 4) is 0 Å². The van der Waals surface area contributed by atoms with E-state index in [0.29, 0.717) is 16.7 Å². The van der Waals surface area contributed by atoms with Gasteiger partial charge in [0, 0.05) is 21.0 Å². The van der Waals surface area contributed by atoms with Crippen LogP contribution < -0.4 is 4.90 Å². The molecular formula is C18H19ClN4S. The highest BCUT2D eigenvalue weighted by molar-refractivity contribution is 7.17. The molecule has 0 bridgehead atoms. The van der Waals surface area contributed by atoms with Gasteiger partial charge in [0.05, 0.1) is 5.71 Å². The summed E-state index contributed by atoms with van der Waals surface area (Å²) in [6, 6.07) is 7.30. The first-order valence-corrected chi connectivity index (χ1v) is 8.88. The first-order chi connectivity index (χ1) is 11.3. The number of amidine groups is 2. The molecule has 2 N–H and O–H groups in total. The molecule has 1 aromatic heterocycles. The molecule has 1 unspecified atom stereocenters. The van der Waals surface area contributed by atoms with Crippen LogP contribution in [0.3, 0.4) is 0 Å². The Morgan fingerprint density at radius 3 is 2.46 bits per heavy atom. The Kier molecular flexibility index (Phi) is 4.32. The second-order valence-electron chi connectivity index (χ2n) is 5.93. The lowest BCUT2D eigenvalue weighted by Crippen LogP contribution is -2.38. The average molecular weight is 359 g/mol. The minimum absolute atomic E-state index is 0.324. The zero-order chi connectivity index (χ0) is 17.6. The largest absolute Gasteiger partial charge is 0.288 e. The van der Waals surface area contributed by atoms with Gasteiger partial charge in [0.1, 0.15) is 22.7 Å². The molecule has 0 saturated carbocycles. The zero-order valence-electron chi connectivity index (χ0n) is 14.1. The van der Waals surface area contributed by atoms with Crippen molar-refractivity contribution in [3.63, 3.8) is 0 Å². The number of hydrogen-bond acceptors (Lipinski definition) is 4. The second kappa shape index (κ2) is 6.15. The fourth-order valence-electron chi connectivity index (χ4n) is 2.82. The molecule has 0 spiro atoms. The predicted molar refractivity (Wildman–Crippen MR) is 104 cm³/mol. The van der Waals surface area contributed by atoms with E-state index in [-0.39, 0.29) is 6.04 Å². The van der Waals surface area contributed by atoms with Crippen molar-refractivity contribution in [2.45, 2.75) is 33.7 Å². The average Bonchev–Trinajstić information content (AvgIpc) is 2.74. The van der Waals surface area contributed by atoms with Gasteiger partial charge < -0.3 is 0 Å². The van der Waals surface area contributed by atoms with E-state index in [2.05, 4.69) is 13.8 Å². The lowest BCUT2D eigenvalue weighted by atomic mass is 10.00. The molecule has 0 aliphatic carbocycles. The van der Waals surface area contributed by atoms with Crippen LogP contribution in [0.2, 0.25) is 5.02 Å². The van der Waals surface area contributed by atoms with E-state index >= 15 is 0 Å². The standard InChI is InChI=1S/C18H19ClN4S/c1-9-11(3)24-18-15(9)16(13-5-7-14(19)8-6-13)22-10(2)17(21)23(18)12(4)20/h5-8,10,20-21H,1-4H3. The number of aliphatic imine (C=N–C) groups is 1. The van der Waals surface area contributed by atoms with Gasteiger partial charge in [0.2, 0.25) is 0 Å². The normalized spacial score (nSPS) is 17.4. The third-order valence-corrected chi connectivity index (χ3v) is 5.66. The topological polar surface area (TPSA) is 63.3 Å². The fourth-order valence-corrected chi connectivity index (χ4v) is 4.17. The van der Waals surface area contributed by atoms with Gasteiger partial charge in [-0.05, 0) is 45.4 Å². The third-order valence-electron chi connectivity index (χ3n) is 4.22. The number of hydrogen-bond donors (Lipinski definition) is 2. The molecule has 6 heteroatoms. The number of nitrogens with one attached hydrogen (secondary N) is 2. The Morgan fingerprint density at radius 2 is 1.88 bits per heavy atom. The quantitative estimate of drug-likeness (QED) is 0.544. The molecule has 1 aliphatic heterocycles. The number of aryl methyl sites for hydroxylation is 1. The van der Waals surface area contributed by atoms with Crippen LogP contribution in [0.4, 0.5) is 5.00 Å². The Labute approximate surface area is 150 Å². The smallest absolute Gasteiger partial charge is 0.132 e. The summed E-state index contributed by atoms with van der Waals surface area (Å²) in [4.78, 5) is 7.70. The second-order valence-corrected chi connectivity index (χ2v) is 7.57. The number of benzene rings is 1. The summed E-state index contributed by atoms with van der Waals surface area (Å²) in [5.41, 5.74) is 4.01. The van der Waals surface area contributed by atoms with Gasteiger partial charge in [-0.3, -0.25) is 20.7 Å². The van der Waals surface area contributed by atoms with Gasteiger partial charge in [-0.25, -0.2) is 0 Å². The molecule has 0 fully saturated rings. The summed E-state index contributed by atoms with van der Waals surface area (Å²) in [6.07, 6.45) is 0. The van der Waals surface area contributed by atoms with E-state index < -0.39 is 0 Å². The predicted octanol–water partition coefficient (Wildman–Crippen LogP) is 5.04. The number of nitrogens with zero attached hydrogens (tertiary/aromatic N) is 2. The fraction of sp³-hybridized carbons (Fsp3) is 0.278. The van der Waals surface area contributed by atoms with Crippen LogP contribution in [0.15, 0.2) is 29.3 Å². The van der Waals surface area contributed by atoms with E-state index in [4.69, 9.17) is 27.4 Å². The summed E-state index contributed by atoms with van der Waals surface area (Å²) in [7, 11) is 0. The molecule has 0 radical (unpaired) electrons. The molecule has 124 valence electrons. The molecule has 0 amide bonds. The first-order valence-electron chi connectivity index (χ1n) is 7.69. The first kappa shape index (κ1) is 16.9. The highest BCUT2D eigenvalue weighted by Gasteiger charge is 2.31. The molecule has 3 rings (SSSR count). The highest BCUT2D eigenvalue weighted by atomic mass is 35.5. The summed E-state index contributed by atoms with van der Waals surface area (Å²) in [6.45, 7) is 7.75. The molecule has 0 saturated heterocycles. The lowest BCUT2D eigenvalue weighted by Gasteiger charge is -2.23. The molecular weight excluding hydrogens is 340 g/mol. The van der Waals surface area contributed by atoms with Crippen LogP contribution in [0.1, 0.15) is 35.4 Å². The van der Waals surface area contributed by atoms with Gasteiger partial charge >= 0.3 is 0 Å². The van der Waals surface area contributed by atoms with Crippen LogP contribution in [0.25, 0.3) is 0 Å². The van der Waals surface area contributed by atoms with E-state index in [1.165, 1.54) is 4.88 Å². The minimum Gasteiger partial charge on any atom is -0.288 e. The zero-order valence-corrected chi connectivity index (χ0v) is 15.6. The van der Waals surface area contributed by atoms with Crippen LogP contribution in [-0.2, 0) is 0 Å². The van der Waals surface area contributed by atoms with Crippen molar-refractivity contribution in [2.75, 3.05) is 4.90 Å². The van der Waals surface area contributed by atoms with Crippen LogP contribution in [-0.4, -0.2) is 23.4 Å². The Hall–Kier alpha value is -1.98. The maximum absolute atomic E-state index is 8.48. The van der Waals surface area contributed by atoms with Crippen molar-refractivity contribution in [2.24, 2.45) is 4.99 Å². The highest BCUT2D eigenvalue weighted by Crippen LogP contribution is 2.39. The van der Waals surface area contributed by atoms with E-state index in [1.54, 1.807) is 23.2 Å². The summed E-state index contributed by atoms with van der Waals surface area (Å²) in [5.74, 6) is 0.663. The molecule has 24 heavy (non-hydrogen) atoms. The molecule has 1 aliphatic rings. The molecule has 1 atom stereocenters. The third kappa shape index (κ3) is 2.68. The number of rotatable bonds is 1. The van der Waals surface area contributed by atoms with Gasteiger partial charge in [-0.15, -0.1) is 11.3 Å². The minimum atomic E-state index is -0.324. The maximum Gasteiger partial charge on any atom is 0.132 e. The van der Waals surface area contributed by atoms with Crippen molar-refractivity contribution in [3.05, 3.63) is 50.9 Å².